The lowest BCUT2D eigenvalue weighted by molar-refractivity contribution is -0.152. The topological polar surface area (TPSA) is 95.7 Å². The molecule has 1 aromatic carbocycles. The minimum atomic E-state index is -4.86. The summed E-state index contributed by atoms with van der Waals surface area (Å²) < 4.78 is 44.5. The normalized spacial score (nSPS) is 30.0. The van der Waals surface area contributed by atoms with Gasteiger partial charge in [0.25, 0.3) is 5.91 Å². The second-order valence-electron chi connectivity index (χ2n) is 12.6. The van der Waals surface area contributed by atoms with E-state index in [2.05, 4.69) is 18.9 Å². The third kappa shape index (κ3) is 5.02. The number of carbonyl (C=O) groups excluding carboxylic acids is 1. The fourth-order valence-corrected chi connectivity index (χ4v) is 7.35. The van der Waals surface area contributed by atoms with Crippen molar-refractivity contribution in [2.24, 2.45) is 22.7 Å². The van der Waals surface area contributed by atoms with Gasteiger partial charge in [0.1, 0.15) is 0 Å². The highest BCUT2D eigenvalue weighted by Crippen LogP contribution is 2.67. The Morgan fingerprint density at radius 3 is 2.30 bits per heavy atom. The molecule has 11 heteroatoms. The molecule has 3 saturated carbocycles. The summed E-state index contributed by atoms with van der Waals surface area (Å²) in [6.07, 6.45) is -2.91. The van der Waals surface area contributed by atoms with Crippen LogP contribution in [0, 0.1) is 22.7 Å². The van der Waals surface area contributed by atoms with E-state index in [0.29, 0.717) is 35.3 Å². The quantitative estimate of drug-likeness (QED) is 0.396. The molecule has 1 aromatic heterocycles. The molecule has 218 valence electrons. The zero-order valence-corrected chi connectivity index (χ0v) is 23.5. The summed E-state index contributed by atoms with van der Waals surface area (Å²) in [6, 6.07) is 5.68. The summed E-state index contributed by atoms with van der Waals surface area (Å²) in [5, 5.41) is 25.0. The van der Waals surface area contributed by atoms with Gasteiger partial charge < -0.3 is 15.1 Å². The van der Waals surface area contributed by atoms with Gasteiger partial charge in [0.15, 0.2) is 5.69 Å². The zero-order chi connectivity index (χ0) is 29.2. The van der Waals surface area contributed by atoms with Gasteiger partial charge in [-0.15, -0.1) is 0 Å². The number of benzene rings is 1. The summed E-state index contributed by atoms with van der Waals surface area (Å²) in [4.78, 5) is 27.0. The zero-order valence-electron chi connectivity index (χ0n) is 22.8. The van der Waals surface area contributed by atoms with Gasteiger partial charge in [-0.05, 0) is 68.8 Å². The van der Waals surface area contributed by atoms with E-state index in [1.807, 2.05) is 0 Å². The highest BCUT2D eigenvalue weighted by Gasteiger charge is 2.63. The Kier molecular flexibility index (Phi) is 7.26. The summed E-state index contributed by atoms with van der Waals surface area (Å²) in [6.45, 7) is 5.73. The van der Waals surface area contributed by atoms with Gasteiger partial charge in [0.2, 0.25) is 0 Å². The van der Waals surface area contributed by atoms with Gasteiger partial charge >= 0.3 is 12.1 Å². The number of aliphatic hydroxyl groups is 1. The summed E-state index contributed by atoms with van der Waals surface area (Å²) >= 11 is 6.28. The molecule has 0 unspecified atom stereocenters. The number of alkyl halides is 3. The van der Waals surface area contributed by atoms with Gasteiger partial charge in [-0.25, -0.2) is 0 Å². The van der Waals surface area contributed by atoms with Crippen LogP contribution >= 0.6 is 11.6 Å². The molecule has 1 amide bonds. The van der Waals surface area contributed by atoms with Crippen LogP contribution in [0.25, 0.3) is 0 Å². The van der Waals surface area contributed by atoms with E-state index < -0.39 is 46.9 Å². The molecule has 1 heterocycles. The molecule has 4 atom stereocenters. The van der Waals surface area contributed by atoms with Gasteiger partial charge in [-0.3, -0.25) is 14.3 Å². The SMILES string of the molecule is CC1(C)[C@@H]2C[C@H](N(C[C@H](O)c3ccccc3Cl)C(=O)c3cnn([C@H]4CC[C@](C)(C(=O)O)CC4)c3C(F)(F)F)C[C@@H]21. The van der Waals surface area contributed by atoms with E-state index in [1.54, 1.807) is 31.2 Å². The van der Waals surface area contributed by atoms with Crippen molar-refractivity contribution in [3.63, 3.8) is 0 Å². The van der Waals surface area contributed by atoms with Crippen LogP contribution in [0.5, 0.6) is 0 Å². The van der Waals surface area contributed by atoms with Crippen LogP contribution in [-0.4, -0.2) is 49.4 Å². The molecule has 2 aromatic rings. The number of nitrogens with zero attached hydrogens (tertiary/aromatic N) is 3. The van der Waals surface area contributed by atoms with E-state index in [9.17, 15) is 33.0 Å². The fraction of sp³-hybridized carbons (Fsp3) is 0.621. The predicted molar refractivity (Wildman–Crippen MR) is 142 cm³/mol. The maximum absolute atomic E-state index is 14.5. The summed E-state index contributed by atoms with van der Waals surface area (Å²) in [7, 11) is 0. The Labute approximate surface area is 236 Å². The first-order chi connectivity index (χ1) is 18.6. The minimum Gasteiger partial charge on any atom is -0.481 e. The third-order valence-corrected chi connectivity index (χ3v) is 10.2. The van der Waals surface area contributed by atoms with Crippen LogP contribution in [0.3, 0.4) is 0 Å². The molecule has 0 saturated heterocycles. The Hall–Kier alpha value is -2.59. The highest BCUT2D eigenvalue weighted by molar-refractivity contribution is 6.31. The van der Waals surface area contributed by atoms with E-state index in [1.165, 1.54) is 4.90 Å². The number of rotatable bonds is 7. The smallest absolute Gasteiger partial charge is 0.433 e. The molecular formula is C29H35ClF3N3O4. The highest BCUT2D eigenvalue weighted by atomic mass is 35.5. The van der Waals surface area contributed by atoms with E-state index >= 15 is 0 Å². The molecule has 0 aliphatic heterocycles. The van der Waals surface area contributed by atoms with Gasteiger partial charge in [0.05, 0.1) is 35.9 Å². The average molecular weight is 582 g/mol. The molecule has 5 rings (SSSR count). The van der Waals surface area contributed by atoms with Crippen molar-refractivity contribution < 1.29 is 33.0 Å². The van der Waals surface area contributed by atoms with Crippen molar-refractivity contribution in [3.8, 4) is 0 Å². The predicted octanol–water partition coefficient (Wildman–Crippen LogP) is 6.37. The molecule has 7 nitrogen and oxygen atoms in total. The molecule has 3 aliphatic carbocycles. The number of hydrogen-bond donors (Lipinski definition) is 2. The number of aliphatic carboxylic acids is 1. The van der Waals surface area contributed by atoms with E-state index in [4.69, 9.17) is 11.6 Å². The number of aliphatic hydroxyl groups excluding tert-OH is 1. The second-order valence-corrected chi connectivity index (χ2v) is 13.0. The Bertz CT molecular complexity index is 1290. The Morgan fingerprint density at radius 2 is 1.75 bits per heavy atom. The number of carboxylic acid groups (broad SMARTS) is 1. The average Bonchev–Trinajstić information content (AvgIpc) is 3.31. The number of carbonyl (C=O) groups is 2. The molecule has 0 bridgehead atoms. The van der Waals surface area contributed by atoms with E-state index in [-0.39, 0.29) is 43.7 Å². The lowest BCUT2D eigenvalue weighted by atomic mass is 9.74. The van der Waals surface area contributed by atoms with Gasteiger partial charge in [0, 0.05) is 16.6 Å². The number of carboxylic acids is 1. The van der Waals surface area contributed by atoms with Crippen LogP contribution in [0.1, 0.15) is 93.1 Å². The van der Waals surface area contributed by atoms with Gasteiger partial charge in [-0.1, -0.05) is 43.6 Å². The lowest BCUT2D eigenvalue weighted by Crippen LogP contribution is -2.43. The number of aromatic nitrogens is 2. The van der Waals surface area contributed by atoms with Crippen molar-refractivity contribution in [1.29, 1.82) is 0 Å². The van der Waals surface area contributed by atoms with Gasteiger partial charge in [-0.2, -0.15) is 18.3 Å². The molecule has 3 fully saturated rings. The van der Waals surface area contributed by atoms with Crippen molar-refractivity contribution in [1.82, 2.24) is 14.7 Å². The Morgan fingerprint density at radius 1 is 1.15 bits per heavy atom. The molecule has 3 aliphatic rings. The number of amides is 1. The van der Waals surface area contributed by atoms with Crippen LogP contribution in [0.4, 0.5) is 13.2 Å². The maximum Gasteiger partial charge on any atom is 0.433 e. The summed E-state index contributed by atoms with van der Waals surface area (Å²) in [5.74, 6) is -1.04. The largest absolute Gasteiger partial charge is 0.481 e. The summed E-state index contributed by atoms with van der Waals surface area (Å²) in [5.41, 5.74) is -2.13. The monoisotopic (exact) mass is 581 g/mol. The molecule has 40 heavy (non-hydrogen) atoms. The number of hydrogen-bond acceptors (Lipinski definition) is 4. The lowest BCUT2D eigenvalue weighted by Gasteiger charge is -2.35. The van der Waals surface area contributed by atoms with Crippen molar-refractivity contribution in [2.45, 2.75) is 83.7 Å². The first-order valence-corrected chi connectivity index (χ1v) is 14.1. The van der Waals surface area contributed by atoms with Crippen LogP contribution < -0.4 is 0 Å². The molecule has 0 radical (unpaired) electrons. The molecule has 2 N–H and O–H groups in total. The van der Waals surface area contributed by atoms with Crippen LogP contribution in [0.15, 0.2) is 30.5 Å². The Balaban J connectivity index is 1.46. The molecule has 0 spiro atoms. The first-order valence-electron chi connectivity index (χ1n) is 13.8. The third-order valence-electron chi connectivity index (χ3n) is 9.89. The fourth-order valence-electron chi connectivity index (χ4n) is 7.09. The second kappa shape index (κ2) is 10.0. The van der Waals surface area contributed by atoms with Crippen molar-refractivity contribution in [3.05, 3.63) is 52.3 Å². The number of fused-ring (bicyclic) bond motifs is 1. The maximum atomic E-state index is 14.5. The van der Waals surface area contributed by atoms with Crippen LogP contribution in [-0.2, 0) is 11.0 Å². The minimum absolute atomic E-state index is 0.139. The van der Waals surface area contributed by atoms with E-state index in [0.717, 1.165) is 10.9 Å². The molecular weight excluding hydrogens is 547 g/mol. The number of halogens is 4. The van der Waals surface area contributed by atoms with Crippen molar-refractivity contribution in [2.75, 3.05) is 6.54 Å². The first kappa shape index (κ1) is 28.9. The standard InChI is InChI=1S/C29H35ClF3N3O4/c1-27(2)20-12-17(13-21(20)27)35(15-23(37)18-6-4-5-7-22(18)30)25(38)19-14-34-36(24(19)29(31,32)33)16-8-10-28(3,11-9-16)26(39)40/h4-7,14,16-17,20-21,23,37H,8-13,15H2,1-3H3,(H,39,40)/t16-,17-,20+,21-,23-,28-/m0/s1. The van der Waals surface area contributed by atoms with Crippen LogP contribution in [0.2, 0.25) is 5.02 Å². The van der Waals surface area contributed by atoms with Crippen molar-refractivity contribution >= 4 is 23.5 Å².